The van der Waals surface area contributed by atoms with Crippen LogP contribution in [0.5, 0.6) is 0 Å². The summed E-state index contributed by atoms with van der Waals surface area (Å²) in [5.41, 5.74) is 1.17. The maximum absolute atomic E-state index is 6.02. The molecule has 3 nitrogen and oxygen atoms in total. The van der Waals surface area contributed by atoms with E-state index in [1.807, 2.05) is 11.4 Å². The molecule has 0 bridgehead atoms. The van der Waals surface area contributed by atoms with Gasteiger partial charge in [-0.05, 0) is 25.8 Å². The number of hydrogen-bond donors (Lipinski definition) is 1. The fraction of sp³-hybridized carbons (Fsp3) is 0.467. The van der Waals surface area contributed by atoms with Crippen molar-refractivity contribution in [2.24, 2.45) is 0 Å². The predicted molar refractivity (Wildman–Crippen MR) is 85.7 cm³/mol. The third-order valence-corrected chi connectivity index (χ3v) is 4.94. The Kier molecular flexibility index (Phi) is 4.22. The summed E-state index contributed by atoms with van der Waals surface area (Å²) in [5, 5.41) is 5.99. The van der Waals surface area contributed by atoms with Gasteiger partial charge in [0.1, 0.15) is 5.82 Å². The Labute approximate surface area is 128 Å². The summed E-state index contributed by atoms with van der Waals surface area (Å²) in [6.07, 6.45) is 5.11. The Morgan fingerprint density at radius 2 is 2.10 bits per heavy atom. The van der Waals surface area contributed by atoms with Crippen LogP contribution in [0.4, 0.5) is 5.82 Å². The summed E-state index contributed by atoms with van der Waals surface area (Å²) < 4.78 is 0. The summed E-state index contributed by atoms with van der Waals surface area (Å²) in [6.45, 7) is 2.95. The van der Waals surface area contributed by atoms with E-state index in [4.69, 9.17) is 16.6 Å². The van der Waals surface area contributed by atoms with Gasteiger partial charge in [0.05, 0.1) is 9.90 Å². The number of rotatable bonds is 4. The molecule has 1 aliphatic carbocycles. The molecule has 1 saturated carbocycles. The number of nitrogens with one attached hydrogen (secondary N) is 1. The first-order valence-electron chi connectivity index (χ1n) is 7.13. The lowest BCUT2D eigenvalue weighted by Gasteiger charge is -2.12. The maximum atomic E-state index is 6.02. The first-order chi connectivity index (χ1) is 9.76. The molecule has 0 amide bonds. The topological polar surface area (TPSA) is 37.8 Å². The van der Waals surface area contributed by atoms with E-state index in [1.54, 1.807) is 11.3 Å². The lowest BCUT2D eigenvalue weighted by Crippen LogP contribution is -2.05. The number of hydrogen-bond acceptors (Lipinski definition) is 4. The first kappa shape index (κ1) is 13.8. The number of anilines is 1. The van der Waals surface area contributed by atoms with E-state index in [9.17, 15) is 0 Å². The van der Waals surface area contributed by atoms with Crippen LogP contribution in [0.1, 0.15) is 44.2 Å². The Balaban J connectivity index is 1.99. The van der Waals surface area contributed by atoms with Crippen LogP contribution in [0.3, 0.4) is 0 Å². The fourth-order valence-corrected chi connectivity index (χ4v) is 3.72. The molecular formula is C15H18ClN3S. The molecule has 2 aromatic rings. The molecule has 0 aliphatic heterocycles. The summed E-state index contributed by atoms with van der Waals surface area (Å²) in [6, 6.07) is 4.05. The molecular weight excluding hydrogens is 290 g/mol. The van der Waals surface area contributed by atoms with Gasteiger partial charge < -0.3 is 5.32 Å². The highest BCUT2D eigenvalue weighted by Gasteiger charge is 2.20. The van der Waals surface area contributed by atoms with E-state index < -0.39 is 0 Å². The zero-order valence-electron chi connectivity index (χ0n) is 11.5. The molecule has 1 N–H and O–H groups in total. The molecule has 0 saturated heterocycles. The maximum Gasteiger partial charge on any atom is 0.171 e. The van der Waals surface area contributed by atoms with Gasteiger partial charge in [-0.2, -0.15) is 0 Å². The van der Waals surface area contributed by atoms with Crippen molar-refractivity contribution in [3.05, 3.63) is 28.2 Å². The van der Waals surface area contributed by atoms with Crippen LogP contribution in [0, 0.1) is 0 Å². The smallest absolute Gasteiger partial charge is 0.171 e. The van der Waals surface area contributed by atoms with Gasteiger partial charge >= 0.3 is 0 Å². The van der Waals surface area contributed by atoms with Gasteiger partial charge in [0.2, 0.25) is 0 Å². The highest BCUT2D eigenvalue weighted by atomic mass is 35.5. The minimum atomic E-state index is 0.588. The molecule has 1 fully saturated rings. The van der Waals surface area contributed by atoms with Crippen molar-refractivity contribution >= 4 is 28.8 Å². The molecule has 0 radical (unpaired) electrons. The molecule has 0 spiro atoms. The highest BCUT2D eigenvalue weighted by Crippen LogP contribution is 2.35. The Hall–Kier alpha value is -1.13. The lowest BCUT2D eigenvalue weighted by molar-refractivity contribution is 0.696. The number of aromatic nitrogens is 2. The molecule has 20 heavy (non-hydrogen) atoms. The van der Waals surface area contributed by atoms with Gasteiger partial charge in [0, 0.05) is 29.6 Å². The van der Waals surface area contributed by atoms with Gasteiger partial charge in [-0.15, -0.1) is 11.3 Å². The normalized spacial score (nSPS) is 15.7. The monoisotopic (exact) mass is 307 g/mol. The largest absolute Gasteiger partial charge is 0.370 e. The molecule has 106 valence electrons. The van der Waals surface area contributed by atoms with Crippen molar-refractivity contribution in [3.63, 3.8) is 0 Å². The molecule has 0 aromatic carbocycles. The van der Waals surface area contributed by atoms with Gasteiger partial charge in [0.15, 0.2) is 5.82 Å². The molecule has 2 aromatic heterocycles. The third kappa shape index (κ3) is 2.96. The van der Waals surface area contributed by atoms with Crippen molar-refractivity contribution in [2.75, 3.05) is 11.9 Å². The first-order valence-corrected chi connectivity index (χ1v) is 8.39. The fourth-order valence-electron chi connectivity index (χ4n) is 2.71. The zero-order valence-corrected chi connectivity index (χ0v) is 13.1. The minimum absolute atomic E-state index is 0.588. The lowest BCUT2D eigenvalue weighted by atomic mass is 10.0. The Bertz CT molecular complexity index is 591. The van der Waals surface area contributed by atoms with Crippen LogP contribution >= 0.6 is 22.9 Å². The van der Waals surface area contributed by atoms with E-state index in [2.05, 4.69) is 23.3 Å². The zero-order chi connectivity index (χ0) is 13.9. The average Bonchev–Trinajstić information content (AvgIpc) is 3.09. The molecule has 0 unspecified atom stereocenters. The van der Waals surface area contributed by atoms with Crippen molar-refractivity contribution in [3.8, 4) is 10.7 Å². The quantitative estimate of drug-likeness (QED) is 0.868. The number of nitrogens with zero attached hydrogens (tertiary/aromatic N) is 2. The second kappa shape index (κ2) is 6.10. The van der Waals surface area contributed by atoms with Crippen LogP contribution in [0.25, 0.3) is 10.7 Å². The summed E-state index contributed by atoms with van der Waals surface area (Å²) in [4.78, 5) is 10.4. The predicted octanol–water partition coefficient (Wildman–Crippen LogP) is 4.95. The van der Waals surface area contributed by atoms with Crippen molar-refractivity contribution in [2.45, 2.75) is 38.5 Å². The van der Waals surface area contributed by atoms with Crippen molar-refractivity contribution < 1.29 is 0 Å². The van der Waals surface area contributed by atoms with Crippen LogP contribution in [0.15, 0.2) is 17.5 Å². The third-order valence-electron chi connectivity index (χ3n) is 3.67. The molecule has 1 aliphatic rings. The summed E-state index contributed by atoms with van der Waals surface area (Å²) in [5.74, 6) is 2.30. The van der Waals surface area contributed by atoms with E-state index in [0.717, 1.165) is 28.1 Å². The van der Waals surface area contributed by atoms with Gasteiger partial charge in [0.25, 0.3) is 0 Å². The van der Waals surface area contributed by atoms with Crippen LogP contribution in [-0.4, -0.2) is 16.5 Å². The molecule has 2 heterocycles. The SMILES string of the molecule is CCNc1cc(C2CCCC2)nc(-c2cc(Cl)cs2)n1. The van der Waals surface area contributed by atoms with Crippen molar-refractivity contribution in [1.29, 1.82) is 0 Å². The molecule has 3 rings (SSSR count). The van der Waals surface area contributed by atoms with E-state index in [-0.39, 0.29) is 0 Å². The standard InChI is InChI=1S/C15H18ClN3S/c1-2-17-14-8-12(10-5-3-4-6-10)18-15(19-14)13-7-11(16)9-20-13/h7-10H,2-6H2,1H3,(H,17,18,19). The molecule has 0 atom stereocenters. The summed E-state index contributed by atoms with van der Waals surface area (Å²) >= 11 is 7.61. The Morgan fingerprint density at radius 3 is 2.75 bits per heavy atom. The highest BCUT2D eigenvalue weighted by molar-refractivity contribution is 7.14. The van der Waals surface area contributed by atoms with Crippen LogP contribution in [-0.2, 0) is 0 Å². The minimum Gasteiger partial charge on any atom is -0.370 e. The van der Waals surface area contributed by atoms with Crippen molar-refractivity contribution in [1.82, 2.24) is 9.97 Å². The number of thiophene rings is 1. The van der Waals surface area contributed by atoms with Gasteiger partial charge in [-0.1, -0.05) is 24.4 Å². The Morgan fingerprint density at radius 1 is 1.30 bits per heavy atom. The van der Waals surface area contributed by atoms with E-state index >= 15 is 0 Å². The van der Waals surface area contributed by atoms with Gasteiger partial charge in [-0.3, -0.25) is 0 Å². The van der Waals surface area contributed by atoms with Crippen LogP contribution in [0.2, 0.25) is 5.02 Å². The van der Waals surface area contributed by atoms with E-state index in [0.29, 0.717) is 5.92 Å². The van der Waals surface area contributed by atoms with E-state index in [1.165, 1.54) is 31.4 Å². The number of halogens is 1. The summed E-state index contributed by atoms with van der Waals surface area (Å²) in [7, 11) is 0. The second-order valence-corrected chi connectivity index (χ2v) is 6.49. The van der Waals surface area contributed by atoms with Crippen LogP contribution < -0.4 is 5.32 Å². The second-order valence-electron chi connectivity index (χ2n) is 5.14. The average molecular weight is 308 g/mol. The van der Waals surface area contributed by atoms with Gasteiger partial charge in [-0.25, -0.2) is 9.97 Å². The molecule has 5 heteroatoms.